The van der Waals surface area contributed by atoms with E-state index in [2.05, 4.69) is 55.4 Å². The second-order valence-corrected chi connectivity index (χ2v) is 30.6. The lowest BCUT2D eigenvalue weighted by Gasteiger charge is -2.21. The Balaban J connectivity index is 5.25. The molecule has 6 atom stereocenters. The molecule has 0 aliphatic carbocycles. The molecule has 0 fully saturated rings. The number of phosphoric ester groups is 2. The minimum Gasteiger partial charge on any atom is -0.462 e. The first-order valence-corrected chi connectivity index (χ1v) is 40.2. The number of hydrogen-bond acceptors (Lipinski definition) is 15. The van der Waals surface area contributed by atoms with E-state index in [4.69, 9.17) is 37.0 Å². The third-order valence-corrected chi connectivity index (χ3v) is 18.8. The van der Waals surface area contributed by atoms with Gasteiger partial charge in [-0.15, -0.1) is 0 Å². The summed E-state index contributed by atoms with van der Waals surface area (Å²) in [7, 11) is -9.91. The number of ether oxygens (including phenoxy) is 4. The van der Waals surface area contributed by atoms with Gasteiger partial charge >= 0.3 is 39.5 Å². The van der Waals surface area contributed by atoms with Crippen LogP contribution in [0.15, 0.2) is 0 Å². The van der Waals surface area contributed by atoms with Crippen molar-refractivity contribution < 1.29 is 80.2 Å². The van der Waals surface area contributed by atoms with Crippen molar-refractivity contribution in [2.45, 2.75) is 375 Å². The van der Waals surface area contributed by atoms with Gasteiger partial charge in [0, 0.05) is 25.7 Å². The van der Waals surface area contributed by atoms with Crippen LogP contribution < -0.4 is 0 Å². The number of carbonyl (C=O) groups excluding carboxylic acids is 4. The number of hydrogen-bond donors (Lipinski definition) is 3. The summed E-state index contributed by atoms with van der Waals surface area (Å²) in [6, 6.07) is 0. The topological polar surface area (TPSA) is 237 Å². The normalized spacial score (nSPS) is 14.5. The van der Waals surface area contributed by atoms with Crippen LogP contribution in [0.5, 0.6) is 0 Å². The highest BCUT2D eigenvalue weighted by molar-refractivity contribution is 7.47. The van der Waals surface area contributed by atoms with Gasteiger partial charge in [0.2, 0.25) is 0 Å². The first kappa shape index (κ1) is 89.1. The lowest BCUT2D eigenvalue weighted by molar-refractivity contribution is -0.161. The maximum Gasteiger partial charge on any atom is 0.472 e. The first-order valence-electron chi connectivity index (χ1n) is 37.2. The summed E-state index contributed by atoms with van der Waals surface area (Å²) >= 11 is 0. The molecule has 0 aliphatic rings. The fourth-order valence-electron chi connectivity index (χ4n) is 10.8. The van der Waals surface area contributed by atoms with Crippen molar-refractivity contribution in [1.82, 2.24) is 0 Å². The van der Waals surface area contributed by atoms with Crippen LogP contribution in [0.4, 0.5) is 0 Å². The Morgan fingerprint density at radius 2 is 0.527 bits per heavy atom. The Bertz CT molecular complexity index is 1800. The molecule has 0 aliphatic heterocycles. The van der Waals surface area contributed by atoms with Crippen molar-refractivity contribution in [2.75, 3.05) is 39.6 Å². The lowest BCUT2D eigenvalue weighted by atomic mass is 9.99. The van der Waals surface area contributed by atoms with E-state index in [9.17, 15) is 43.2 Å². The van der Waals surface area contributed by atoms with Crippen LogP contribution in [-0.2, 0) is 65.4 Å². The second-order valence-electron chi connectivity index (χ2n) is 27.6. The molecule has 19 heteroatoms. The summed E-state index contributed by atoms with van der Waals surface area (Å²) in [5, 5.41) is 10.6. The van der Waals surface area contributed by atoms with Crippen LogP contribution >= 0.6 is 15.6 Å². The maximum absolute atomic E-state index is 13.0. The van der Waals surface area contributed by atoms with Crippen molar-refractivity contribution in [2.24, 2.45) is 23.7 Å². The molecule has 0 bridgehead atoms. The maximum atomic E-state index is 13.0. The molecule has 0 aromatic carbocycles. The zero-order chi connectivity index (χ0) is 67.5. The average molecular weight is 1340 g/mol. The Labute approximate surface area is 556 Å². The summed E-state index contributed by atoms with van der Waals surface area (Å²) in [4.78, 5) is 72.6. The largest absolute Gasteiger partial charge is 0.472 e. The standard InChI is InChI=1S/C72H140O17P2/c1-9-65(8)51-43-35-26-22-23-29-39-47-55-72(77)89-68(59-83-70(75)53-45-37-31-30-34-42-50-64(6)7)61-87-91(80,81)85-57-66(73)56-84-90(78,79)86-60-67(58-82-69(74)52-44-36-27-20-17-16-19-25-33-41-49-63(4)5)88-71(76)54-46-38-28-21-15-13-11-10-12-14-18-24-32-40-48-62(2)3/h62-68,73H,9-61H2,1-8H3,(H,78,79)(H,80,81)/t65?,66-,67-,68-/m1/s1. The highest BCUT2D eigenvalue weighted by Crippen LogP contribution is 2.45. The molecular formula is C72H140O17P2. The highest BCUT2D eigenvalue weighted by atomic mass is 31.2. The number of aliphatic hydroxyl groups excluding tert-OH is 1. The number of carbonyl (C=O) groups is 4. The number of aliphatic hydroxyl groups is 1. The molecule has 0 aromatic heterocycles. The molecule has 0 spiro atoms. The first-order chi connectivity index (χ1) is 43.6. The molecule has 0 saturated heterocycles. The predicted molar refractivity (Wildman–Crippen MR) is 367 cm³/mol. The highest BCUT2D eigenvalue weighted by Gasteiger charge is 2.30. The van der Waals surface area contributed by atoms with Gasteiger partial charge in [-0.1, -0.05) is 306 Å². The Morgan fingerprint density at radius 3 is 0.780 bits per heavy atom. The summed E-state index contributed by atoms with van der Waals surface area (Å²) in [5.74, 6) is 0.873. The van der Waals surface area contributed by atoms with Crippen LogP contribution in [0.25, 0.3) is 0 Å². The molecule has 17 nitrogen and oxygen atoms in total. The van der Waals surface area contributed by atoms with Crippen LogP contribution in [0.3, 0.4) is 0 Å². The SMILES string of the molecule is CCC(C)CCCCCCCCCCC(=O)O[C@H](COC(=O)CCCCCCCCC(C)C)COP(=O)(O)OC[C@H](O)COP(=O)(O)OC[C@@H](COC(=O)CCCCCCCCCCCCC(C)C)OC(=O)CCCCCCCCCCCCCCCCC(C)C. The van der Waals surface area contributed by atoms with Crippen molar-refractivity contribution in [3.05, 3.63) is 0 Å². The zero-order valence-corrected chi connectivity index (χ0v) is 61.3. The fourth-order valence-corrected chi connectivity index (χ4v) is 12.4. The van der Waals surface area contributed by atoms with Gasteiger partial charge in [-0.05, 0) is 49.4 Å². The number of unbranched alkanes of at least 4 members (excludes halogenated alkanes) is 34. The van der Waals surface area contributed by atoms with E-state index in [-0.39, 0.29) is 25.7 Å². The van der Waals surface area contributed by atoms with E-state index in [0.717, 1.165) is 114 Å². The van der Waals surface area contributed by atoms with Gasteiger partial charge in [-0.3, -0.25) is 37.3 Å². The van der Waals surface area contributed by atoms with Gasteiger partial charge in [0.25, 0.3) is 0 Å². The number of esters is 4. The van der Waals surface area contributed by atoms with Gasteiger partial charge in [-0.25, -0.2) is 9.13 Å². The van der Waals surface area contributed by atoms with Crippen LogP contribution in [0.1, 0.15) is 357 Å². The van der Waals surface area contributed by atoms with Crippen molar-refractivity contribution in [1.29, 1.82) is 0 Å². The molecule has 0 radical (unpaired) electrons. The van der Waals surface area contributed by atoms with Crippen LogP contribution in [-0.4, -0.2) is 96.7 Å². The third kappa shape index (κ3) is 65.1. The van der Waals surface area contributed by atoms with E-state index in [1.54, 1.807) is 0 Å². The van der Waals surface area contributed by atoms with Gasteiger partial charge in [0.15, 0.2) is 12.2 Å². The lowest BCUT2D eigenvalue weighted by Crippen LogP contribution is -2.30. The van der Waals surface area contributed by atoms with Gasteiger partial charge in [0.1, 0.15) is 19.3 Å². The molecule has 0 saturated carbocycles. The predicted octanol–water partition coefficient (Wildman–Crippen LogP) is 20.5. The third-order valence-electron chi connectivity index (χ3n) is 16.9. The number of rotatable bonds is 69. The van der Waals surface area contributed by atoms with Crippen LogP contribution in [0.2, 0.25) is 0 Å². The molecule has 0 rings (SSSR count). The Kier molecular flexibility index (Phi) is 60.3. The minimum atomic E-state index is -4.95. The number of phosphoric acid groups is 2. The molecule has 3 N–H and O–H groups in total. The van der Waals surface area contributed by atoms with Crippen LogP contribution in [0, 0.1) is 23.7 Å². The van der Waals surface area contributed by atoms with Gasteiger partial charge in [-0.2, -0.15) is 0 Å². The summed E-state index contributed by atoms with van der Waals surface area (Å²) < 4.78 is 68.3. The zero-order valence-electron chi connectivity index (χ0n) is 59.5. The van der Waals surface area contributed by atoms with Crippen molar-refractivity contribution in [3.8, 4) is 0 Å². The van der Waals surface area contributed by atoms with E-state index in [1.165, 1.54) is 154 Å². The Hall–Kier alpha value is -1.94. The van der Waals surface area contributed by atoms with Gasteiger partial charge < -0.3 is 33.8 Å². The minimum absolute atomic E-state index is 0.103. The molecule has 91 heavy (non-hydrogen) atoms. The molecule has 0 aromatic rings. The second kappa shape index (κ2) is 61.6. The monoisotopic (exact) mass is 1340 g/mol. The molecule has 0 heterocycles. The average Bonchev–Trinajstić information content (AvgIpc) is 3.18. The van der Waals surface area contributed by atoms with E-state index in [0.29, 0.717) is 31.6 Å². The quantitative estimate of drug-likeness (QED) is 0.0222. The Morgan fingerprint density at radius 1 is 0.308 bits per heavy atom. The summed E-state index contributed by atoms with van der Waals surface area (Å²) in [6.45, 7) is 14.1. The van der Waals surface area contributed by atoms with E-state index < -0.39 is 97.5 Å². The molecule has 3 unspecified atom stereocenters. The summed E-state index contributed by atoms with van der Waals surface area (Å²) in [5.41, 5.74) is 0. The van der Waals surface area contributed by atoms with E-state index in [1.807, 2.05) is 0 Å². The van der Waals surface area contributed by atoms with Crippen molar-refractivity contribution >= 4 is 39.5 Å². The molecule has 0 amide bonds. The van der Waals surface area contributed by atoms with E-state index >= 15 is 0 Å². The van der Waals surface area contributed by atoms with Crippen molar-refractivity contribution in [3.63, 3.8) is 0 Å². The summed E-state index contributed by atoms with van der Waals surface area (Å²) in [6.07, 6.45) is 44.5. The van der Waals surface area contributed by atoms with Gasteiger partial charge in [0.05, 0.1) is 26.4 Å². The molecule has 540 valence electrons. The molecular weight excluding hydrogens is 1200 g/mol. The smallest absolute Gasteiger partial charge is 0.462 e. The fraction of sp³-hybridized carbons (Fsp3) is 0.944.